The lowest BCUT2D eigenvalue weighted by atomic mass is 10.2. The van der Waals surface area contributed by atoms with E-state index in [0.717, 1.165) is 43.0 Å². The third-order valence-electron chi connectivity index (χ3n) is 4.73. The van der Waals surface area contributed by atoms with E-state index in [1.54, 1.807) is 0 Å². The van der Waals surface area contributed by atoms with E-state index < -0.39 is 0 Å². The number of piperazine rings is 1. The Kier molecular flexibility index (Phi) is 4.68. The second-order valence-corrected chi connectivity index (χ2v) is 6.65. The second kappa shape index (κ2) is 7.25. The maximum absolute atomic E-state index is 5.78. The van der Waals surface area contributed by atoms with Gasteiger partial charge in [-0.05, 0) is 30.8 Å². The highest BCUT2D eigenvalue weighted by Gasteiger charge is 2.15. The number of aromatic amines is 1. The molecular formula is C20H24N4O. The van der Waals surface area contributed by atoms with Crippen LogP contribution in [0.25, 0.3) is 11.0 Å². The molecule has 0 radical (unpaired) electrons. The molecule has 0 spiro atoms. The van der Waals surface area contributed by atoms with Crippen molar-refractivity contribution in [2.45, 2.75) is 13.2 Å². The number of hydrogen-bond donors (Lipinski definition) is 1. The molecule has 0 bridgehead atoms. The van der Waals surface area contributed by atoms with Crippen molar-refractivity contribution >= 4 is 16.7 Å². The van der Waals surface area contributed by atoms with Crippen LogP contribution in [0.3, 0.4) is 0 Å². The number of likely N-dealkylation sites (N-methyl/N-ethyl adjacent to an activating group) is 1. The van der Waals surface area contributed by atoms with Crippen LogP contribution in [0.1, 0.15) is 11.4 Å². The van der Waals surface area contributed by atoms with Crippen molar-refractivity contribution in [3.8, 4) is 0 Å². The molecule has 0 unspecified atom stereocenters. The third kappa shape index (κ3) is 3.83. The molecule has 5 nitrogen and oxygen atoms in total. The van der Waals surface area contributed by atoms with Gasteiger partial charge in [0, 0.05) is 31.9 Å². The quantitative estimate of drug-likeness (QED) is 0.778. The number of aromatic nitrogens is 2. The molecule has 1 aliphatic rings. The van der Waals surface area contributed by atoms with Gasteiger partial charge in [0.05, 0.1) is 17.6 Å². The van der Waals surface area contributed by atoms with Crippen molar-refractivity contribution in [2.75, 3.05) is 38.1 Å². The molecule has 1 aromatic heterocycles. The number of H-pyrrole nitrogens is 1. The van der Waals surface area contributed by atoms with Gasteiger partial charge in [0.1, 0.15) is 12.4 Å². The smallest absolute Gasteiger partial charge is 0.133 e. The number of ether oxygens (including phenoxy) is 1. The molecule has 25 heavy (non-hydrogen) atoms. The topological polar surface area (TPSA) is 44.4 Å². The summed E-state index contributed by atoms with van der Waals surface area (Å²) in [7, 11) is 2.18. The fourth-order valence-electron chi connectivity index (χ4n) is 3.22. The van der Waals surface area contributed by atoms with Crippen molar-refractivity contribution < 1.29 is 4.74 Å². The summed E-state index contributed by atoms with van der Waals surface area (Å²) in [5, 5.41) is 0. The molecule has 1 aliphatic heterocycles. The lowest BCUT2D eigenvalue weighted by Gasteiger charge is -2.34. The van der Waals surface area contributed by atoms with Crippen LogP contribution in [0.15, 0.2) is 48.5 Å². The van der Waals surface area contributed by atoms with E-state index in [9.17, 15) is 0 Å². The van der Waals surface area contributed by atoms with Crippen molar-refractivity contribution in [3.63, 3.8) is 0 Å². The summed E-state index contributed by atoms with van der Waals surface area (Å²) in [4.78, 5) is 12.8. The normalized spacial score (nSPS) is 15.8. The summed E-state index contributed by atoms with van der Waals surface area (Å²) < 4.78 is 5.78. The Labute approximate surface area is 148 Å². The molecule has 4 rings (SSSR count). The minimum atomic E-state index is 0.493. The number of nitrogens with one attached hydrogen (secondary N) is 1. The zero-order chi connectivity index (χ0) is 17.1. The Hall–Kier alpha value is -2.37. The molecule has 0 saturated carbocycles. The van der Waals surface area contributed by atoms with E-state index in [1.807, 2.05) is 18.2 Å². The van der Waals surface area contributed by atoms with Gasteiger partial charge in [-0.1, -0.05) is 30.3 Å². The minimum absolute atomic E-state index is 0.493. The fourth-order valence-corrected chi connectivity index (χ4v) is 3.22. The lowest BCUT2D eigenvalue weighted by Crippen LogP contribution is -2.44. The van der Waals surface area contributed by atoms with Gasteiger partial charge in [0.2, 0.25) is 0 Å². The molecule has 1 saturated heterocycles. The maximum atomic E-state index is 5.78. The number of fused-ring (bicyclic) bond motifs is 1. The Balaban J connectivity index is 1.41. The highest BCUT2D eigenvalue weighted by molar-refractivity contribution is 5.79. The van der Waals surface area contributed by atoms with Gasteiger partial charge < -0.3 is 19.5 Å². The van der Waals surface area contributed by atoms with Gasteiger partial charge in [-0.3, -0.25) is 0 Å². The van der Waals surface area contributed by atoms with Gasteiger partial charge in [0.25, 0.3) is 0 Å². The Morgan fingerprint density at radius 2 is 1.80 bits per heavy atom. The number of nitrogens with zero attached hydrogens (tertiary/aromatic N) is 3. The molecule has 2 heterocycles. The zero-order valence-electron chi connectivity index (χ0n) is 14.6. The van der Waals surface area contributed by atoms with Crippen molar-refractivity contribution in [3.05, 3.63) is 59.9 Å². The summed E-state index contributed by atoms with van der Waals surface area (Å²) >= 11 is 0. The molecule has 0 atom stereocenters. The van der Waals surface area contributed by atoms with Crippen LogP contribution >= 0.6 is 0 Å². The van der Waals surface area contributed by atoms with Crippen molar-refractivity contribution in [1.29, 1.82) is 0 Å². The fraction of sp³-hybridized carbons (Fsp3) is 0.350. The van der Waals surface area contributed by atoms with Crippen molar-refractivity contribution in [2.24, 2.45) is 0 Å². The number of hydrogen-bond acceptors (Lipinski definition) is 4. The number of rotatable bonds is 5. The van der Waals surface area contributed by atoms with E-state index in [0.29, 0.717) is 13.2 Å². The largest absolute Gasteiger partial charge is 0.369 e. The van der Waals surface area contributed by atoms with Crippen LogP contribution in [0, 0.1) is 0 Å². The Bertz CT molecular complexity index is 822. The summed E-state index contributed by atoms with van der Waals surface area (Å²) in [6, 6.07) is 16.7. The predicted molar refractivity (Wildman–Crippen MR) is 101 cm³/mol. The molecule has 0 amide bonds. The molecule has 1 fully saturated rings. The van der Waals surface area contributed by atoms with Crippen LogP contribution in [-0.4, -0.2) is 48.1 Å². The van der Waals surface area contributed by atoms with Gasteiger partial charge in [-0.25, -0.2) is 4.98 Å². The standard InChI is InChI=1S/C20H24N4O/c1-23-9-11-24(12-10-23)17-7-8-18-19(13-17)22-20(21-18)15-25-14-16-5-3-2-4-6-16/h2-8,13H,9-12,14-15H2,1H3,(H,21,22). The Morgan fingerprint density at radius 1 is 1.00 bits per heavy atom. The predicted octanol–water partition coefficient (Wildman–Crippen LogP) is 3.03. The van der Waals surface area contributed by atoms with Gasteiger partial charge in [-0.2, -0.15) is 0 Å². The molecule has 130 valence electrons. The first-order valence-electron chi connectivity index (χ1n) is 8.82. The van der Waals surface area contributed by atoms with Crippen LogP contribution < -0.4 is 4.90 Å². The molecule has 1 N–H and O–H groups in total. The third-order valence-corrected chi connectivity index (χ3v) is 4.73. The minimum Gasteiger partial charge on any atom is -0.369 e. The van der Waals surface area contributed by atoms with E-state index in [4.69, 9.17) is 4.74 Å². The van der Waals surface area contributed by atoms with Crippen LogP contribution in [0.4, 0.5) is 5.69 Å². The summed E-state index contributed by atoms with van der Waals surface area (Å²) in [6.45, 7) is 5.46. The Morgan fingerprint density at radius 3 is 2.60 bits per heavy atom. The van der Waals surface area contributed by atoms with E-state index in [1.165, 1.54) is 11.3 Å². The molecule has 0 aliphatic carbocycles. The van der Waals surface area contributed by atoms with E-state index in [2.05, 4.69) is 57.1 Å². The highest BCUT2D eigenvalue weighted by atomic mass is 16.5. The molecule has 5 heteroatoms. The average Bonchev–Trinajstić information content (AvgIpc) is 3.05. The zero-order valence-corrected chi connectivity index (χ0v) is 14.6. The number of imidazole rings is 1. The number of anilines is 1. The summed E-state index contributed by atoms with van der Waals surface area (Å²) in [5.41, 5.74) is 4.52. The summed E-state index contributed by atoms with van der Waals surface area (Å²) in [6.07, 6.45) is 0. The molecule has 3 aromatic rings. The SMILES string of the molecule is CN1CCN(c2ccc3nc(COCc4ccccc4)[nH]c3c2)CC1. The monoisotopic (exact) mass is 336 g/mol. The van der Waals surface area contributed by atoms with Gasteiger partial charge >= 0.3 is 0 Å². The first kappa shape index (κ1) is 16.1. The van der Waals surface area contributed by atoms with E-state index in [-0.39, 0.29) is 0 Å². The molecular weight excluding hydrogens is 312 g/mol. The lowest BCUT2D eigenvalue weighted by molar-refractivity contribution is 0.102. The first-order valence-corrected chi connectivity index (χ1v) is 8.82. The van der Waals surface area contributed by atoms with Crippen LogP contribution in [0.5, 0.6) is 0 Å². The average molecular weight is 336 g/mol. The van der Waals surface area contributed by atoms with Gasteiger partial charge in [0.15, 0.2) is 0 Å². The van der Waals surface area contributed by atoms with Crippen LogP contribution in [0.2, 0.25) is 0 Å². The van der Waals surface area contributed by atoms with Crippen LogP contribution in [-0.2, 0) is 18.0 Å². The van der Waals surface area contributed by atoms with Gasteiger partial charge in [-0.15, -0.1) is 0 Å². The highest BCUT2D eigenvalue weighted by Crippen LogP contribution is 2.22. The number of benzene rings is 2. The first-order chi connectivity index (χ1) is 12.3. The second-order valence-electron chi connectivity index (χ2n) is 6.65. The van der Waals surface area contributed by atoms with E-state index >= 15 is 0 Å². The van der Waals surface area contributed by atoms with Crippen molar-refractivity contribution in [1.82, 2.24) is 14.9 Å². The summed E-state index contributed by atoms with van der Waals surface area (Å²) in [5.74, 6) is 0.876. The molecule has 2 aromatic carbocycles. The maximum Gasteiger partial charge on any atom is 0.133 e.